The zero-order valence-corrected chi connectivity index (χ0v) is 8.84. The van der Waals surface area contributed by atoms with Crippen LogP contribution in [-0.4, -0.2) is 5.78 Å². The number of ketones is 1. The van der Waals surface area contributed by atoms with Crippen molar-refractivity contribution < 1.29 is 4.79 Å². The van der Waals surface area contributed by atoms with Crippen LogP contribution in [0.4, 0.5) is 0 Å². The fraction of sp³-hybridized carbons (Fsp3) is 0.308. The van der Waals surface area contributed by atoms with Gasteiger partial charge in [0.25, 0.3) is 0 Å². The van der Waals surface area contributed by atoms with Gasteiger partial charge < -0.3 is 0 Å². The van der Waals surface area contributed by atoms with Crippen molar-refractivity contribution in [1.82, 2.24) is 0 Å². The summed E-state index contributed by atoms with van der Waals surface area (Å²) in [6, 6.07) is 7.79. The van der Waals surface area contributed by atoms with Crippen LogP contribution in [0.3, 0.4) is 0 Å². The molecule has 1 rings (SSSR count). The van der Waals surface area contributed by atoms with E-state index in [4.69, 9.17) is 0 Å². The van der Waals surface area contributed by atoms with Crippen LogP contribution in [0.5, 0.6) is 0 Å². The highest BCUT2D eigenvalue weighted by atomic mass is 16.1. The highest BCUT2D eigenvalue weighted by molar-refractivity contribution is 6.07. The third-order valence-corrected chi connectivity index (χ3v) is 2.12. The Morgan fingerprint density at radius 1 is 1.43 bits per heavy atom. The number of rotatable bonds is 4. The van der Waals surface area contributed by atoms with Crippen molar-refractivity contribution in [3.63, 3.8) is 0 Å². The summed E-state index contributed by atoms with van der Waals surface area (Å²) < 4.78 is 0. The molecular formula is C13H16O. The molecule has 1 aromatic carbocycles. The molecule has 0 radical (unpaired) electrons. The standard InChI is InChI=1S/C13H16O/c1-4-6-11-7-5-8-12(9-11)13(14)10(2)3/h5,7-9H,2,4,6H2,1,3H3. The minimum Gasteiger partial charge on any atom is -0.289 e. The minimum absolute atomic E-state index is 0.0444. The molecule has 0 aliphatic rings. The van der Waals surface area contributed by atoms with E-state index in [2.05, 4.69) is 19.6 Å². The van der Waals surface area contributed by atoms with E-state index in [1.165, 1.54) is 5.56 Å². The molecule has 0 N–H and O–H groups in total. The van der Waals surface area contributed by atoms with Gasteiger partial charge in [-0.15, -0.1) is 0 Å². The third-order valence-electron chi connectivity index (χ3n) is 2.12. The molecule has 0 heterocycles. The van der Waals surface area contributed by atoms with Crippen LogP contribution < -0.4 is 0 Å². The maximum atomic E-state index is 11.6. The lowest BCUT2D eigenvalue weighted by atomic mass is 10.0. The van der Waals surface area contributed by atoms with Gasteiger partial charge in [0, 0.05) is 5.56 Å². The summed E-state index contributed by atoms with van der Waals surface area (Å²) in [6.07, 6.45) is 2.13. The summed E-state index contributed by atoms with van der Waals surface area (Å²) in [6.45, 7) is 7.53. The van der Waals surface area contributed by atoms with E-state index in [-0.39, 0.29) is 5.78 Å². The van der Waals surface area contributed by atoms with E-state index in [1.807, 2.05) is 18.2 Å². The minimum atomic E-state index is 0.0444. The number of benzene rings is 1. The molecule has 0 saturated heterocycles. The topological polar surface area (TPSA) is 17.1 Å². The molecule has 0 atom stereocenters. The van der Waals surface area contributed by atoms with Crippen LogP contribution in [0.25, 0.3) is 0 Å². The van der Waals surface area contributed by atoms with Crippen LogP contribution in [-0.2, 0) is 6.42 Å². The molecule has 0 amide bonds. The van der Waals surface area contributed by atoms with Gasteiger partial charge in [0.05, 0.1) is 0 Å². The average Bonchev–Trinajstić information content (AvgIpc) is 2.17. The molecule has 0 unspecified atom stereocenters. The van der Waals surface area contributed by atoms with Crippen molar-refractivity contribution >= 4 is 5.78 Å². The molecule has 1 aromatic rings. The van der Waals surface area contributed by atoms with Crippen molar-refractivity contribution in [3.05, 3.63) is 47.5 Å². The second-order valence-electron chi connectivity index (χ2n) is 3.56. The highest BCUT2D eigenvalue weighted by Gasteiger charge is 2.05. The van der Waals surface area contributed by atoms with Crippen LogP contribution in [0.2, 0.25) is 0 Å². The first-order valence-corrected chi connectivity index (χ1v) is 4.94. The Morgan fingerprint density at radius 3 is 2.71 bits per heavy atom. The zero-order valence-electron chi connectivity index (χ0n) is 8.84. The van der Waals surface area contributed by atoms with Crippen LogP contribution >= 0.6 is 0 Å². The van der Waals surface area contributed by atoms with E-state index < -0.39 is 0 Å². The molecule has 0 saturated carbocycles. The van der Waals surface area contributed by atoms with Gasteiger partial charge in [-0.25, -0.2) is 0 Å². The summed E-state index contributed by atoms with van der Waals surface area (Å²) in [5, 5.41) is 0. The maximum absolute atomic E-state index is 11.6. The van der Waals surface area contributed by atoms with Gasteiger partial charge in [-0.3, -0.25) is 4.79 Å². The molecule has 1 heteroatoms. The number of hydrogen-bond donors (Lipinski definition) is 0. The molecule has 0 spiro atoms. The fourth-order valence-corrected chi connectivity index (χ4v) is 1.40. The first-order valence-electron chi connectivity index (χ1n) is 4.94. The van der Waals surface area contributed by atoms with E-state index >= 15 is 0 Å². The highest BCUT2D eigenvalue weighted by Crippen LogP contribution is 2.11. The molecule has 0 fully saturated rings. The summed E-state index contributed by atoms with van der Waals surface area (Å²) in [5.74, 6) is 0.0444. The molecule has 0 aromatic heterocycles. The average molecular weight is 188 g/mol. The van der Waals surface area contributed by atoms with Crippen molar-refractivity contribution in [2.24, 2.45) is 0 Å². The molecule has 0 aliphatic heterocycles. The Labute approximate surface area is 85.5 Å². The number of carbonyl (C=O) groups excluding carboxylic acids is 1. The van der Waals surface area contributed by atoms with Crippen molar-refractivity contribution in [3.8, 4) is 0 Å². The molecule has 74 valence electrons. The van der Waals surface area contributed by atoms with Crippen molar-refractivity contribution in [1.29, 1.82) is 0 Å². The lowest BCUT2D eigenvalue weighted by Crippen LogP contribution is -2.00. The number of Topliss-reactive ketones (excluding diaryl/α,β-unsaturated/α-hetero) is 1. The van der Waals surface area contributed by atoms with Gasteiger partial charge in [-0.05, 0) is 30.5 Å². The SMILES string of the molecule is C=C(C)C(=O)c1cccc(CCC)c1. The second-order valence-corrected chi connectivity index (χ2v) is 3.56. The third kappa shape index (κ3) is 2.56. The lowest BCUT2D eigenvalue weighted by Gasteiger charge is -2.02. The molecule has 14 heavy (non-hydrogen) atoms. The van der Waals surface area contributed by atoms with E-state index in [9.17, 15) is 4.79 Å². The Bertz CT molecular complexity index is 350. The first kappa shape index (κ1) is 10.7. The Morgan fingerprint density at radius 2 is 2.14 bits per heavy atom. The zero-order chi connectivity index (χ0) is 10.6. The monoisotopic (exact) mass is 188 g/mol. The fourth-order valence-electron chi connectivity index (χ4n) is 1.40. The maximum Gasteiger partial charge on any atom is 0.188 e. The summed E-state index contributed by atoms with van der Waals surface area (Å²) in [5.41, 5.74) is 2.57. The van der Waals surface area contributed by atoms with Crippen LogP contribution in [0.1, 0.15) is 36.2 Å². The predicted molar refractivity (Wildman–Crippen MR) is 59.6 cm³/mol. The normalized spacial score (nSPS) is 9.86. The van der Waals surface area contributed by atoms with Gasteiger partial charge in [-0.2, -0.15) is 0 Å². The van der Waals surface area contributed by atoms with Gasteiger partial charge in [0.15, 0.2) is 5.78 Å². The Kier molecular flexibility index (Phi) is 3.63. The van der Waals surface area contributed by atoms with Crippen molar-refractivity contribution in [2.75, 3.05) is 0 Å². The predicted octanol–water partition coefficient (Wildman–Crippen LogP) is 3.40. The molecule has 0 bridgehead atoms. The number of carbonyl (C=O) groups is 1. The first-order chi connectivity index (χ1) is 6.65. The summed E-state index contributed by atoms with van der Waals surface area (Å²) in [7, 11) is 0. The van der Waals surface area contributed by atoms with Gasteiger partial charge in [-0.1, -0.05) is 38.1 Å². The number of hydrogen-bond acceptors (Lipinski definition) is 1. The Hall–Kier alpha value is -1.37. The molecular weight excluding hydrogens is 172 g/mol. The number of aryl methyl sites for hydroxylation is 1. The Balaban J connectivity index is 2.93. The summed E-state index contributed by atoms with van der Waals surface area (Å²) in [4.78, 5) is 11.6. The van der Waals surface area contributed by atoms with Crippen LogP contribution in [0, 0.1) is 0 Å². The largest absolute Gasteiger partial charge is 0.289 e. The number of allylic oxidation sites excluding steroid dienone is 1. The lowest BCUT2D eigenvalue weighted by molar-refractivity contribution is 0.103. The summed E-state index contributed by atoms with van der Waals surface area (Å²) >= 11 is 0. The molecule has 1 nitrogen and oxygen atoms in total. The van der Waals surface area contributed by atoms with E-state index in [0.29, 0.717) is 5.57 Å². The smallest absolute Gasteiger partial charge is 0.188 e. The van der Waals surface area contributed by atoms with Crippen LogP contribution in [0.15, 0.2) is 36.4 Å². The van der Waals surface area contributed by atoms with Crippen molar-refractivity contribution in [2.45, 2.75) is 26.7 Å². The van der Waals surface area contributed by atoms with Gasteiger partial charge >= 0.3 is 0 Å². The quantitative estimate of drug-likeness (QED) is 0.523. The van der Waals surface area contributed by atoms with E-state index in [0.717, 1.165) is 18.4 Å². The molecule has 0 aliphatic carbocycles. The van der Waals surface area contributed by atoms with Gasteiger partial charge in [0.1, 0.15) is 0 Å². The van der Waals surface area contributed by atoms with E-state index in [1.54, 1.807) is 6.92 Å². The second kappa shape index (κ2) is 4.75. The van der Waals surface area contributed by atoms with Gasteiger partial charge in [0.2, 0.25) is 0 Å².